The number of unbranched alkanes of at least 4 members (excludes halogenated alkanes) is 1. The lowest BCUT2D eigenvalue weighted by molar-refractivity contribution is -0.137. The van der Waals surface area contributed by atoms with Gasteiger partial charge in [-0.1, -0.05) is 36.8 Å². The lowest BCUT2D eigenvalue weighted by Crippen LogP contribution is -2.45. The van der Waals surface area contributed by atoms with Gasteiger partial charge in [-0.15, -0.1) is 0 Å². The Morgan fingerprint density at radius 2 is 1.56 bits per heavy atom. The Balaban J connectivity index is 1.14. The normalized spacial score (nSPS) is 15.9. The van der Waals surface area contributed by atoms with Crippen molar-refractivity contribution in [1.29, 1.82) is 0 Å². The number of nitrogens with one attached hydrogen (secondary N) is 1. The standard InChI is InChI=1S/C36H44F3N5O4/c1-3-47-33-31(34(48-4-2)41-24-40-33)44(35(46)26-10-9-11-26)21-8-7-20-43-22-18-28(19-23-43)42-32(45)30-13-6-5-12-29(30)25-14-16-27(17-15-25)36(37,38)39/h5-6,12-17,24,26,28H,3-4,7-11,18-23H2,1-2H3,(H,42,45). The average molecular weight is 668 g/mol. The molecule has 1 aromatic heterocycles. The van der Waals surface area contributed by atoms with E-state index in [2.05, 4.69) is 20.2 Å². The number of nitrogens with zero attached hydrogens (tertiary/aromatic N) is 4. The molecule has 2 heterocycles. The van der Waals surface area contributed by atoms with Crippen LogP contribution >= 0.6 is 0 Å². The third-order valence-electron chi connectivity index (χ3n) is 9.03. The molecule has 1 aliphatic carbocycles. The highest BCUT2D eigenvalue weighted by Crippen LogP contribution is 2.38. The number of alkyl halides is 3. The summed E-state index contributed by atoms with van der Waals surface area (Å²) in [7, 11) is 0. The predicted molar refractivity (Wildman–Crippen MR) is 177 cm³/mol. The highest BCUT2D eigenvalue weighted by Gasteiger charge is 2.34. The van der Waals surface area contributed by atoms with Crippen LogP contribution in [-0.2, 0) is 11.0 Å². The SMILES string of the molecule is CCOc1ncnc(OCC)c1N(CCCCN1CCC(NC(=O)c2ccccc2-c2ccc(C(F)(F)F)cc2)CC1)C(=O)C1CCC1. The number of anilines is 1. The largest absolute Gasteiger partial charge is 0.476 e. The van der Waals surface area contributed by atoms with E-state index < -0.39 is 11.7 Å². The van der Waals surface area contributed by atoms with Gasteiger partial charge in [0.05, 0.1) is 18.8 Å². The topological polar surface area (TPSA) is 96.9 Å². The van der Waals surface area contributed by atoms with Crippen LogP contribution in [0.25, 0.3) is 11.1 Å². The van der Waals surface area contributed by atoms with E-state index in [9.17, 15) is 22.8 Å². The molecule has 48 heavy (non-hydrogen) atoms. The Labute approximate surface area is 279 Å². The molecule has 1 aliphatic heterocycles. The number of benzene rings is 2. The minimum absolute atomic E-state index is 0.00273. The van der Waals surface area contributed by atoms with Crippen molar-refractivity contribution in [3.05, 3.63) is 66.0 Å². The van der Waals surface area contributed by atoms with Gasteiger partial charge < -0.3 is 24.6 Å². The fraction of sp³-hybridized carbons (Fsp3) is 0.500. The Bertz CT molecular complexity index is 1500. The summed E-state index contributed by atoms with van der Waals surface area (Å²) in [4.78, 5) is 39.7. The van der Waals surface area contributed by atoms with Crippen LogP contribution in [0.4, 0.5) is 18.9 Å². The molecule has 2 aliphatic rings. The number of amides is 2. The Hall–Kier alpha value is -4.19. The number of halogens is 3. The van der Waals surface area contributed by atoms with Gasteiger partial charge >= 0.3 is 6.18 Å². The van der Waals surface area contributed by atoms with Crippen molar-refractivity contribution in [3.8, 4) is 22.9 Å². The first-order chi connectivity index (χ1) is 23.2. The van der Waals surface area contributed by atoms with Crippen molar-refractivity contribution < 1.29 is 32.2 Å². The van der Waals surface area contributed by atoms with Crippen molar-refractivity contribution in [1.82, 2.24) is 20.2 Å². The molecule has 0 bridgehead atoms. The molecule has 258 valence electrons. The second-order valence-electron chi connectivity index (χ2n) is 12.2. The molecule has 0 radical (unpaired) electrons. The third kappa shape index (κ3) is 8.63. The van der Waals surface area contributed by atoms with Crippen molar-refractivity contribution in [2.45, 2.75) is 71.0 Å². The van der Waals surface area contributed by atoms with E-state index >= 15 is 0 Å². The minimum Gasteiger partial charge on any atom is -0.476 e. The quantitative estimate of drug-likeness (QED) is 0.190. The number of hydrogen-bond donors (Lipinski definition) is 1. The number of aromatic nitrogens is 2. The molecule has 3 aromatic rings. The molecular weight excluding hydrogens is 623 g/mol. The molecule has 1 N–H and O–H groups in total. The highest BCUT2D eigenvalue weighted by molar-refractivity contribution is 6.01. The molecule has 5 rings (SSSR count). The highest BCUT2D eigenvalue weighted by atomic mass is 19.4. The van der Waals surface area contributed by atoms with Gasteiger partial charge in [-0.2, -0.15) is 23.1 Å². The monoisotopic (exact) mass is 667 g/mol. The van der Waals surface area contributed by atoms with Gasteiger partial charge in [0.1, 0.15) is 6.33 Å². The number of likely N-dealkylation sites (tertiary alicyclic amines) is 1. The van der Waals surface area contributed by atoms with Crippen LogP contribution in [0.2, 0.25) is 0 Å². The van der Waals surface area contributed by atoms with Crippen molar-refractivity contribution in [2.24, 2.45) is 5.92 Å². The summed E-state index contributed by atoms with van der Waals surface area (Å²) in [6, 6.07) is 11.9. The van der Waals surface area contributed by atoms with E-state index in [1.165, 1.54) is 18.5 Å². The molecule has 0 unspecified atom stereocenters. The fourth-order valence-electron chi connectivity index (χ4n) is 6.21. The smallest absolute Gasteiger partial charge is 0.416 e. The van der Waals surface area contributed by atoms with E-state index in [1.54, 1.807) is 29.2 Å². The van der Waals surface area contributed by atoms with Crippen LogP contribution in [0.5, 0.6) is 11.8 Å². The molecule has 2 fully saturated rings. The summed E-state index contributed by atoms with van der Waals surface area (Å²) in [5, 5.41) is 3.14. The Morgan fingerprint density at radius 3 is 2.15 bits per heavy atom. The zero-order valence-electron chi connectivity index (χ0n) is 27.6. The number of hydrogen-bond acceptors (Lipinski definition) is 7. The number of ether oxygens (including phenoxy) is 2. The summed E-state index contributed by atoms with van der Waals surface area (Å²) in [6.45, 7) is 7.59. The summed E-state index contributed by atoms with van der Waals surface area (Å²) < 4.78 is 50.7. The number of carbonyl (C=O) groups excluding carboxylic acids is 2. The minimum atomic E-state index is -4.42. The molecule has 2 aromatic carbocycles. The first-order valence-electron chi connectivity index (χ1n) is 16.9. The Morgan fingerprint density at radius 1 is 0.917 bits per heavy atom. The van der Waals surface area contributed by atoms with Crippen LogP contribution in [0, 0.1) is 5.92 Å². The van der Waals surface area contributed by atoms with E-state index in [4.69, 9.17) is 9.47 Å². The molecule has 1 saturated carbocycles. The van der Waals surface area contributed by atoms with Crippen LogP contribution in [0.15, 0.2) is 54.9 Å². The first kappa shape index (κ1) is 35.1. The number of rotatable bonds is 14. The van der Waals surface area contributed by atoms with Crippen molar-refractivity contribution >= 4 is 17.5 Å². The van der Waals surface area contributed by atoms with Gasteiger partial charge in [-0.3, -0.25) is 9.59 Å². The summed E-state index contributed by atoms with van der Waals surface area (Å²) in [5.41, 5.74) is 1.37. The molecule has 2 amide bonds. The van der Waals surface area contributed by atoms with Crippen LogP contribution in [0.1, 0.15) is 74.7 Å². The number of carbonyl (C=O) groups is 2. The van der Waals surface area contributed by atoms with Crippen molar-refractivity contribution in [2.75, 3.05) is 44.3 Å². The molecule has 1 saturated heterocycles. The second kappa shape index (κ2) is 16.3. The molecule has 12 heteroatoms. The van der Waals surface area contributed by atoms with E-state index in [-0.39, 0.29) is 23.8 Å². The van der Waals surface area contributed by atoms with E-state index in [0.29, 0.717) is 53.9 Å². The molecular formula is C36H44F3N5O4. The maximum atomic E-state index is 13.6. The summed E-state index contributed by atoms with van der Waals surface area (Å²) >= 11 is 0. The van der Waals surface area contributed by atoms with Gasteiger partial charge in [0.25, 0.3) is 5.91 Å². The van der Waals surface area contributed by atoms with Crippen LogP contribution < -0.4 is 19.7 Å². The van der Waals surface area contributed by atoms with Crippen molar-refractivity contribution in [3.63, 3.8) is 0 Å². The zero-order chi connectivity index (χ0) is 34.1. The zero-order valence-corrected chi connectivity index (χ0v) is 27.6. The summed E-state index contributed by atoms with van der Waals surface area (Å²) in [6.07, 6.45) is 3.03. The van der Waals surface area contributed by atoms with E-state index in [0.717, 1.165) is 76.7 Å². The predicted octanol–water partition coefficient (Wildman–Crippen LogP) is 6.77. The third-order valence-corrected chi connectivity index (χ3v) is 9.03. The lowest BCUT2D eigenvalue weighted by atomic mass is 9.84. The molecule has 0 atom stereocenters. The fourth-order valence-corrected chi connectivity index (χ4v) is 6.21. The van der Waals surface area contributed by atoms with Gasteiger partial charge in [0.15, 0.2) is 5.69 Å². The van der Waals surface area contributed by atoms with Gasteiger partial charge in [0, 0.05) is 37.2 Å². The molecule has 0 spiro atoms. The maximum absolute atomic E-state index is 13.6. The van der Waals surface area contributed by atoms with Gasteiger partial charge in [-0.05, 0) is 88.2 Å². The maximum Gasteiger partial charge on any atom is 0.416 e. The number of piperidine rings is 1. The lowest BCUT2D eigenvalue weighted by Gasteiger charge is -2.34. The average Bonchev–Trinajstić information content (AvgIpc) is 3.05. The van der Waals surface area contributed by atoms with Gasteiger partial charge in [0.2, 0.25) is 17.7 Å². The summed E-state index contributed by atoms with van der Waals surface area (Å²) in [5.74, 6) is 0.534. The van der Waals surface area contributed by atoms with E-state index in [1.807, 2.05) is 13.8 Å². The second-order valence-corrected chi connectivity index (χ2v) is 12.2. The first-order valence-corrected chi connectivity index (χ1v) is 16.9. The van der Waals surface area contributed by atoms with Gasteiger partial charge in [-0.25, -0.2) is 0 Å². The van der Waals surface area contributed by atoms with Crippen LogP contribution in [-0.4, -0.2) is 72.1 Å². The Kier molecular flexibility index (Phi) is 11.9. The van der Waals surface area contributed by atoms with Crippen LogP contribution in [0.3, 0.4) is 0 Å². The molecule has 9 nitrogen and oxygen atoms in total.